The molecule has 4 heteroatoms. The van der Waals surface area contributed by atoms with Gasteiger partial charge in [-0.2, -0.15) is 0 Å². The molecule has 0 amide bonds. The Labute approximate surface area is 177 Å². The molecule has 0 unspecified atom stereocenters. The number of hydrogen-bond acceptors (Lipinski definition) is 3. The Morgan fingerprint density at radius 3 is 2.67 bits per heavy atom. The molecule has 4 nitrogen and oxygen atoms in total. The number of rotatable bonds is 5. The third kappa shape index (κ3) is 3.90. The molecule has 0 aliphatic carbocycles. The Kier molecular flexibility index (Phi) is 5.75. The second-order valence-corrected chi connectivity index (χ2v) is 7.88. The first-order valence-electron chi connectivity index (χ1n) is 10.6. The summed E-state index contributed by atoms with van der Waals surface area (Å²) in [6.07, 6.45) is 8.04. The standard InChI is InChI=1S/C26H28N2O2/c1-3-18(4-2)15-24-25(19-9-8-10-21(29)16-19)26(30)22-17-20(11-12-23(22)27-24)28-13-6-5-7-14-28/h3-4,8-12,16-17,29H,1,5-7,13-15H2,2H3,(H,27,30)/b18-4+. The van der Waals surface area contributed by atoms with Crippen molar-refractivity contribution in [2.24, 2.45) is 0 Å². The topological polar surface area (TPSA) is 56.3 Å². The zero-order chi connectivity index (χ0) is 21.1. The minimum absolute atomic E-state index is 0.0114. The number of aromatic amines is 1. The molecule has 0 atom stereocenters. The normalized spacial score (nSPS) is 14.8. The van der Waals surface area contributed by atoms with E-state index in [0.717, 1.165) is 41.1 Å². The number of H-pyrrole nitrogens is 1. The van der Waals surface area contributed by atoms with Crippen LogP contribution in [0.15, 0.2) is 71.6 Å². The fourth-order valence-corrected chi connectivity index (χ4v) is 4.27. The number of aromatic nitrogens is 1. The van der Waals surface area contributed by atoms with Gasteiger partial charge in [-0.25, -0.2) is 0 Å². The zero-order valence-electron chi connectivity index (χ0n) is 17.4. The average Bonchev–Trinajstić information content (AvgIpc) is 2.78. The Bertz CT molecular complexity index is 1170. The Balaban J connectivity index is 1.92. The van der Waals surface area contributed by atoms with Crippen LogP contribution in [0, 0.1) is 0 Å². The van der Waals surface area contributed by atoms with Crippen molar-refractivity contribution >= 4 is 16.6 Å². The first-order chi connectivity index (χ1) is 14.6. The molecule has 1 fully saturated rings. The maximum absolute atomic E-state index is 13.7. The van der Waals surface area contributed by atoms with Gasteiger partial charge < -0.3 is 15.0 Å². The highest BCUT2D eigenvalue weighted by Gasteiger charge is 2.17. The number of anilines is 1. The molecule has 1 aliphatic heterocycles. The van der Waals surface area contributed by atoms with Crippen molar-refractivity contribution in [2.75, 3.05) is 18.0 Å². The fraction of sp³-hybridized carbons (Fsp3) is 0.269. The van der Waals surface area contributed by atoms with Crippen LogP contribution in [0.5, 0.6) is 5.75 Å². The molecule has 4 rings (SSSR count). The van der Waals surface area contributed by atoms with E-state index in [-0.39, 0.29) is 11.2 Å². The highest BCUT2D eigenvalue weighted by molar-refractivity contribution is 5.88. The number of phenols is 1. The quantitative estimate of drug-likeness (QED) is 0.551. The summed E-state index contributed by atoms with van der Waals surface area (Å²) in [5, 5.41) is 10.7. The fourth-order valence-electron chi connectivity index (χ4n) is 4.27. The van der Waals surface area contributed by atoms with Gasteiger partial charge in [0.25, 0.3) is 0 Å². The average molecular weight is 401 g/mol. The van der Waals surface area contributed by atoms with Crippen LogP contribution in [-0.4, -0.2) is 23.2 Å². The van der Waals surface area contributed by atoms with Gasteiger partial charge in [-0.3, -0.25) is 4.79 Å². The van der Waals surface area contributed by atoms with Gasteiger partial charge in [0.05, 0.1) is 0 Å². The molecular formula is C26H28N2O2. The molecule has 1 saturated heterocycles. The number of pyridine rings is 1. The predicted molar refractivity (Wildman–Crippen MR) is 125 cm³/mol. The number of piperidine rings is 1. The second kappa shape index (κ2) is 8.62. The van der Waals surface area contributed by atoms with Crippen molar-refractivity contribution in [1.82, 2.24) is 4.98 Å². The summed E-state index contributed by atoms with van der Waals surface area (Å²) in [7, 11) is 0. The summed E-state index contributed by atoms with van der Waals surface area (Å²) >= 11 is 0. The van der Waals surface area contributed by atoms with Crippen LogP contribution in [0.25, 0.3) is 22.0 Å². The number of fused-ring (bicyclic) bond motifs is 1. The maximum atomic E-state index is 13.7. The van der Waals surface area contributed by atoms with E-state index in [9.17, 15) is 9.90 Å². The predicted octanol–water partition coefficient (Wildman–Crippen LogP) is 5.57. The molecule has 0 bridgehead atoms. The molecule has 0 saturated carbocycles. The van der Waals surface area contributed by atoms with E-state index in [1.807, 2.05) is 37.3 Å². The minimum atomic E-state index is -0.0114. The van der Waals surface area contributed by atoms with E-state index >= 15 is 0 Å². The lowest BCUT2D eigenvalue weighted by Gasteiger charge is -2.29. The molecule has 30 heavy (non-hydrogen) atoms. The first-order valence-corrected chi connectivity index (χ1v) is 10.6. The summed E-state index contributed by atoms with van der Waals surface area (Å²) in [4.78, 5) is 19.5. The number of hydrogen-bond donors (Lipinski definition) is 2. The molecule has 0 radical (unpaired) electrons. The third-order valence-electron chi connectivity index (χ3n) is 5.93. The lowest BCUT2D eigenvalue weighted by Crippen LogP contribution is -2.29. The molecule has 2 N–H and O–H groups in total. The van der Waals surface area contributed by atoms with Crippen LogP contribution in [0.1, 0.15) is 31.9 Å². The number of phenolic OH excluding ortho intramolecular Hbond substituents is 1. The number of nitrogens with one attached hydrogen (secondary N) is 1. The van der Waals surface area contributed by atoms with Crippen molar-refractivity contribution < 1.29 is 5.11 Å². The van der Waals surface area contributed by atoms with Gasteiger partial charge in [0, 0.05) is 47.4 Å². The van der Waals surface area contributed by atoms with E-state index in [4.69, 9.17) is 0 Å². The van der Waals surface area contributed by atoms with Crippen LogP contribution in [-0.2, 0) is 6.42 Å². The van der Waals surface area contributed by atoms with Crippen molar-refractivity contribution in [3.05, 3.63) is 82.7 Å². The first kappa shape index (κ1) is 20.0. The Hall–Kier alpha value is -3.27. The molecule has 2 aromatic carbocycles. The highest BCUT2D eigenvalue weighted by Crippen LogP contribution is 2.29. The molecule has 1 aromatic heterocycles. The lowest BCUT2D eigenvalue weighted by atomic mass is 9.96. The zero-order valence-corrected chi connectivity index (χ0v) is 17.4. The van der Waals surface area contributed by atoms with Gasteiger partial charge in [0.1, 0.15) is 5.75 Å². The van der Waals surface area contributed by atoms with Crippen LogP contribution in [0.2, 0.25) is 0 Å². The van der Waals surface area contributed by atoms with Crippen molar-refractivity contribution in [3.8, 4) is 16.9 Å². The second-order valence-electron chi connectivity index (χ2n) is 7.88. The van der Waals surface area contributed by atoms with Gasteiger partial charge in [-0.05, 0) is 67.7 Å². The van der Waals surface area contributed by atoms with Crippen molar-refractivity contribution in [1.29, 1.82) is 0 Å². The third-order valence-corrected chi connectivity index (χ3v) is 5.93. The van der Waals surface area contributed by atoms with E-state index < -0.39 is 0 Å². The van der Waals surface area contributed by atoms with Crippen LogP contribution in [0.3, 0.4) is 0 Å². The molecule has 154 valence electrons. The summed E-state index contributed by atoms with van der Waals surface area (Å²) in [6, 6.07) is 13.0. The highest BCUT2D eigenvalue weighted by atomic mass is 16.3. The molecule has 0 spiro atoms. The van der Waals surface area contributed by atoms with E-state index in [1.54, 1.807) is 18.2 Å². The van der Waals surface area contributed by atoms with Crippen LogP contribution >= 0.6 is 0 Å². The molecule has 3 aromatic rings. The number of benzene rings is 2. The largest absolute Gasteiger partial charge is 0.508 e. The summed E-state index contributed by atoms with van der Waals surface area (Å²) < 4.78 is 0. The van der Waals surface area contributed by atoms with E-state index in [0.29, 0.717) is 17.4 Å². The summed E-state index contributed by atoms with van der Waals surface area (Å²) in [5.74, 6) is 0.148. The molecular weight excluding hydrogens is 372 g/mol. The van der Waals surface area contributed by atoms with Gasteiger partial charge in [-0.1, -0.05) is 30.9 Å². The van der Waals surface area contributed by atoms with Gasteiger partial charge in [0.2, 0.25) is 0 Å². The monoisotopic (exact) mass is 400 g/mol. The lowest BCUT2D eigenvalue weighted by molar-refractivity contribution is 0.475. The van der Waals surface area contributed by atoms with Crippen molar-refractivity contribution in [3.63, 3.8) is 0 Å². The maximum Gasteiger partial charge on any atom is 0.197 e. The number of nitrogens with zero attached hydrogens (tertiary/aromatic N) is 1. The van der Waals surface area contributed by atoms with E-state index in [1.165, 1.54) is 19.3 Å². The smallest absolute Gasteiger partial charge is 0.197 e. The number of aromatic hydroxyl groups is 1. The number of allylic oxidation sites excluding steroid dienone is 3. The van der Waals surface area contributed by atoms with Crippen LogP contribution in [0.4, 0.5) is 5.69 Å². The van der Waals surface area contributed by atoms with Crippen LogP contribution < -0.4 is 10.3 Å². The van der Waals surface area contributed by atoms with Gasteiger partial charge in [0.15, 0.2) is 5.43 Å². The summed E-state index contributed by atoms with van der Waals surface area (Å²) in [6.45, 7) is 7.92. The SMILES string of the molecule is C=C/C(=C\C)Cc1[nH]c2ccc(N3CCCCC3)cc2c(=O)c1-c1cccc(O)c1. The minimum Gasteiger partial charge on any atom is -0.508 e. The molecule has 2 heterocycles. The Morgan fingerprint density at radius 2 is 1.97 bits per heavy atom. The van der Waals surface area contributed by atoms with Gasteiger partial charge in [-0.15, -0.1) is 0 Å². The Morgan fingerprint density at radius 1 is 1.17 bits per heavy atom. The summed E-state index contributed by atoms with van der Waals surface area (Å²) in [5.41, 5.74) is 5.11. The van der Waals surface area contributed by atoms with Crippen molar-refractivity contribution in [2.45, 2.75) is 32.6 Å². The van der Waals surface area contributed by atoms with E-state index in [2.05, 4.69) is 22.5 Å². The van der Waals surface area contributed by atoms with Gasteiger partial charge >= 0.3 is 0 Å². The molecule has 1 aliphatic rings.